The number of phenolic OH excluding ortho intramolecular Hbond substituents is 1. The van der Waals surface area contributed by atoms with Crippen LogP contribution in [0.4, 0.5) is 0 Å². The summed E-state index contributed by atoms with van der Waals surface area (Å²) < 4.78 is 29.1. The molecule has 1 saturated heterocycles. The second-order valence-electron chi connectivity index (χ2n) is 8.18. The van der Waals surface area contributed by atoms with E-state index in [0.29, 0.717) is 24.6 Å². The first-order chi connectivity index (χ1) is 15.9. The number of aromatic hydroxyl groups is 1. The van der Waals surface area contributed by atoms with Gasteiger partial charge in [0.2, 0.25) is 10.0 Å². The lowest BCUT2D eigenvalue weighted by molar-refractivity contribution is 0.317. The third-order valence-corrected chi connectivity index (χ3v) is 7.63. The number of nitrogens with one attached hydrogen (secondary N) is 2. The molecule has 0 aliphatic carbocycles. The van der Waals surface area contributed by atoms with E-state index in [1.807, 2.05) is 42.5 Å². The highest BCUT2D eigenvalue weighted by atomic mass is 32.2. The Kier molecular flexibility index (Phi) is 7.27. The number of benzene rings is 3. The molecule has 3 N–H and O–H groups in total. The van der Waals surface area contributed by atoms with E-state index in [1.54, 1.807) is 42.5 Å². The van der Waals surface area contributed by atoms with Crippen LogP contribution in [-0.4, -0.2) is 48.7 Å². The number of phenols is 1. The molecule has 1 heterocycles. The standard InChI is InChI=1S/C25H27N3O3S2/c29-23-13-11-20(12-14-23)16-22-17-26-25(32)28(22)18-21(15-19-7-3-1-4-8-19)27-33(30,31)24-9-5-2-6-10-24/h1-14,21-22,27,29H,15-18H2,(H,26,32)/t21-,22-/m0/s1. The highest BCUT2D eigenvalue weighted by Gasteiger charge is 2.31. The Morgan fingerprint density at radius 1 is 0.970 bits per heavy atom. The SMILES string of the molecule is O=S(=O)(N[C@@H](Cc1ccccc1)CN1C(=S)NC[C@@H]1Cc1ccc(O)cc1)c1ccccc1. The van der Waals surface area contributed by atoms with E-state index in [1.165, 1.54) is 0 Å². The minimum atomic E-state index is -3.69. The van der Waals surface area contributed by atoms with Gasteiger partial charge in [-0.1, -0.05) is 60.7 Å². The molecule has 1 aliphatic heterocycles. The summed E-state index contributed by atoms with van der Waals surface area (Å²) >= 11 is 5.57. The number of hydrogen-bond acceptors (Lipinski definition) is 4. The van der Waals surface area contributed by atoms with Crippen LogP contribution in [-0.2, 0) is 22.9 Å². The summed E-state index contributed by atoms with van der Waals surface area (Å²) in [5.74, 6) is 0.230. The maximum atomic E-state index is 13.1. The van der Waals surface area contributed by atoms with Crippen LogP contribution in [0.3, 0.4) is 0 Å². The molecule has 2 atom stereocenters. The first-order valence-corrected chi connectivity index (χ1v) is 12.7. The first-order valence-electron chi connectivity index (χ1n) is 10.8. The highest BCUT2D eigenvalue weighted by Crippen LogP contribution is 2.19. The van der Waals surface area contributed by atoms with Crippen molar-refractivity contribution in [3.05, 3.63) is 96.1 Å². The molecular weight excluding hydrogens is 454 g/mol. The number of hydrogen-bond donors (Lipinski definition) is 3. The molecule has 172 valence electrons. The summed E-state index contributed by atoms with van der Waals surface area (Å²) in [5, 5.41) is 13.4. The van der Waals surface area contributed by atoms with Crippen molar-refractivity contribution >= 4 is 27.4 Å². The fourth-order valence-electron chi connectivity index (χ4n) is 4.07. The average Bonchev–Trinajstić information content (AvgIpc) is 3.15. The highest BCUT2D eigenvalue weighted by molar-refractivity contribution is 7.89. The summed E-state index contributed by atoms with van der Waals surface area (Å²) in [4.78, 5) is 2.31. The molecule has 0 amide bonds. The zero-order chi connectivity index (χ0) is 23.3. The molecule has 0 unspecified atom stereocenters. The Hall–Kier alpha value is -2.94. The molecule has 4 rings (SSSR count). The maximum Gasteiger partial charge on any atom is 0.240 e. The van der Waals surface area contributed by atoms with Gasteiger partial charge in [-0.05, 0) is 60.5 Å². The lowest BCUT2D eigenvalue weighted by Crippen LogP contribution is -2.48. The fourth-order valence-corrected chi connectivity index (χ4v) is 5.62. The van der Waals surface area contributed by atoms with E-state index < -0.39 is 10.0 Å². The third-order valence-electron chi connectivity index (χ3n) is 5.72. The topological polar surface area (TPSA) is 81.7 Å². The first kappa shape index (κ1) is 23.2. The normalized spacial score (nSPS) is 17.0. The van der Waals surface area contributed by atoms with Gasteiger partial charge in [0, 0.05) is 19.1 Å². The molecule has 0 aromatic heterocycles. The van der Waals surface area contributed by atoms with E-state index in [-0.39, 0.29) is 22.7 Å². The summed E-state index contributed by atoms with van der Waals surface area (Å²) in [6.45, 7) is 1.12. The Bertz CT molecular complexity index is 1170. The quantitative estimate of drug-likeness (QED) is 0.408. The van der Waals surface area contributed by atoms with Crippen molar-refractivity contribution in [1.82, 2.24) is 14.9 Å². The van der Waals surface area contributed by atoms with Gasteiger partial charge in [-0.2, -0.15) is 0 Å². The molecule has 0 bridgehead atoms. The number of thiocarbonyl (C=S) groups is 1. The van der Waals surface area contributed by atoms with Crippen LogP contribution in [0, 0.1) is 0 Å². The molecule has 3 aromatic carbocycles. The largest absolute Gasteiger partial charge is 0.508 e. The van der Waals surface area contributed by atoms with E-state index in [0.717, 1.165) is 17.5 Å². The summed E-state index contributed by atoms with van der Waals surface area (Å²) in [7, 11) is -3.69. The predicted molar refractivity (Wildman–Crippen MR) is 134 cm³/mol. The Labute approximate surface area is 200 Å². The monoisotopic (exact) mass is 481 g/mol. The molecule has 6 nitrogen and oxygen atoms in total. The van der Waals surface area contributed by atoms with Gasteiger partial charge in [-0.25, -0.2) is 13.1 Å². The molecule has 0 saturated carbocycles. The second kappa shape index (κ2) is 10.3. The number of rotatable bonds is 9. The van der Waals surface area contributed by atoms with Gasteiger partial charge in [0.1, 0.15) is 5.75 Å². The zero-order valence-corrected chi connectivity index (χ0v) is 19.7. The lowest BCUT2D eigenvalue weighted by Gasteiger charge is -2.30. The third kappa shape index (κ3) is 6.10. The van der Waals surface area contributed by atoms with Gasteiger partial charge in [-0.15, -0.1) is 0 Å². The molecule has 8 heteroatoms. The van der Waals surface area contributed by atoms with Crippen LogP contribution in [0.5, 0.6) is 5.75 Å². The lowest BCUT2D eigenvalue weighted by atomic mass is 10.0. The molecule has 0 radical (unpaired) electrons. The molecule has 3 aromatic rings. The van der Waals surface area contributed by atoms with Crippen molar-refractivity contribution in [3.63, 3.8) is 0 Å². The van der Waals surface area contributed by atoms with Gasteiger partial charge in [0.15, 0.2) is 5.11 Å². The van der Waals surface area contributed by atoms with Gasteiger partial charge in [-0.3, -0.25) is 0 Å². The van der Waals surface area contributed by atoms with Gasteiger partial charge >= 0.3 is 0 Å². The van der Waals surface area contributed by atoms with Crippen LogP contribution in [0.25, 0.3) is 0 Å². The molecule has 1 aliphatic rings. The van der Waals surface area contributed by atoms with E-state index in [2.05, 4.69) is 14.9 Å². The smallest absolute Gasteiger partial charge is 0.240 e. The summed E-state index contributed by atoms with van der Waals surface area (Å²) in [6, 6.07) is 25.1. The van der Waals surface area contributed by atoms with Crippen molar-refractivity contribution in [1.29, 1.82) is 0 Å². The fraction of sp³-hybridized carbons (Fsp3) is 0.240. The van der Waals surface area contributed by atoms with E-state index in [9.17, 15) is 13.5 Å². The van der Waals surface area contributed by atoms with Crippen molar-refractivity contribution < 1.29 is 13.5 Å². The molecular formula is C25H27N3O3S2. The Morgan fingerprint density at radius 3 is 2.27 bits per heavy atom. The maximum absolute atomic E-state index is 13.1. The van der Waals surface area contributed by atoms with Crippen molar-refractivity contribution in [2.45, 2.75) is 29.8 Å². The van der Waals surface area contributed by atoms with Crippen LogP contribution >= 0.6 is 12.2 Å². The number of nitrogens with zero attached hydrogens (tertiary/aromatic N) is 1. The summed E-state index contributed by atoms with van der Waals surface area (Å²) in [6.07, 6.45) is 1.27. The van der Waals surface area contributed by atoms with Crippen LogP contribution in [0.15, 0.2) is 89.8 Å². The van der Waals surface area contributed by atoms with Crippen LogP contribution < -0.4 is 10.0 Å². The van der Waals surface area contributed by atoms with Crippen LogP contribution in [0.1, 0.15) is 11.1 Å². The molecule has 33 heavy (non-hydrogen) atoms. The van der Waals surface area contributed by atoms with Gasteiger partial charge < -0.3 is 15.3 Å². The molecule has 0 spiro atoms. The average molecular weight is 482 g/mol. The van der Waals surface area contributed by atoms with Crippen molar-refractivity contribution in [2.24, 2.45) is 0 Å². The van der Waals surface area contributed by atoms with Gasteiger partial charge in [0.05, 0.1) is 10.9 Å². The second-order valence-corrected chi connectivity index (χ2v) is 10.3. The van der Waals surface area contributed by atoms with E-state index >= 15 is 0 Å². The van der Waals surface area contributed by atoms with Crippen molar-refractivity contribution in [3.8, 4) is 5.75 Å². The molecule has 1 fully saturated rings. The number of sulfonamides is 1. The minimum absolute atomic E-state index is 0.0848. The zero-order valence-electron chi connectivity index (χ0n) is 18.1. The summed E-state index contributed by atoms with van der Waals surface area (Å²) in [5.41, 5.74) is 2.13. The van der Waals surface area contributed by atoms with Crippen LogP contribution in [0.2, 0.25) is 0 Å². The Morgan fingerprint density at radius 2 is 1.61 bits per heavy atom. The van der Waals surface area contributed by atoms with Gasteiger partial charge in [0.25, 0.3) is 0 Å². The minimum Gasteiger partial charge on any atom is -0.508 e. The Balaban J connectivity index is 1.55. The van der Waals surface area contributed by atoms with Crippen molar-refractivity contribution in [2.75, 3.05) is 13.1 Å². The predicted octanol–water partition coefficient (Wildman–Crippen LogP) is 3.08. The van der Waals surface area contributed by atoms with E-state index in [4.69, 9.17) is 12.2 Å².